The lowest BCUT2D eigenvalue weighted by Gasteiger charge is -2.34. The molecule has 0 bridgehead atoms. The summed E-state index contributed by atoms with van der Waals surface area (Å²) in [4.78, 5) is 4.91. The average Bonchev–Trinajstić information content (AvgIpc) is 3.05. The van der Waals surface area contributed by atoms with E-state index in [2.05, 4.69) is 34.0 Å². The minimum absolute atomic E-state index is 0. The van der Waals surface area contributed by atoms with Crippen LogP contribution in [0.1, 0.15) is 28.3 Å². The van der Waals surface area contributed by atoms with Crippen molar-refractivity contribution >= 4 is 36.2 Å². The zero-order valence-corrected chi connectivity index (χ0v) is 17.2. The Kier molecular flexibility index (Phi) is 9.38. The van der Waals surface area contributed by atoms with Crippen LogP contribution in [0.3, 0.4) is 0 Å². The van der Waals surface area contributed by atoms with E-state index >= 15 is 0 Å². The lowest BCUT2D eigenvalue weighted by Crippen LogP contribution is -2.45. The summed E-state index contributed by atoms with van der Waals surface area (Å²) in [5.41, 5.74) is 0.987. The van der Waals surface area contributed by atoms with E-state index in [-0.39, 0.29) is 36.6 Å². The molecule has 1 aromatic heterocycles. The maximum absolute atomic E-state index is 12.4. The molecule has 152 valence electrons. The number of aryl methyl sites for hydroxylation is 1. The third-order valence-electron chi connectivity index (χ3n) is 4.25. The van der Waals surface area contributed by atoms with Gasteiger partial charge in [-0.2, -0.15) is 0 Å². The molecule has 1 aromatic carbocycles. The molecular weight excluding hydrogens is 420 g/mol. The van der Waals surface area contributed by atoms with Crippen molar-refractivity contribution < 1.29 is 17.9 Å². The van der Waals surface area contributed by atoms with Crippen LogP contribution in [0, 0.1) is 0 Å². The number of halogens is 5. The van der Waals surface area contributed by atoms with Crippen molar-refractivity contribution in [2.24, 2.45) is 0 Å². The summed E-state index contributed by atoms with van der Waals surface area (Å²) in [5.74, 6) is -0.185. The maximum atomic E-state index is 12.4. The predicted octanol–water partition coefficient (Wildman–Crippen LogP) is 5.05. The summed E-state index contributed by atoms with van der Waals surface area (Å²) in [6.45, 7) is 5.77. The molecule has 0 aliphatic carbocycles. The Hall–Kier alpha value is -0.990. The molecule has 2 heterocycles. The fourth-order valence-electron chi connectivity index (χ4n) is 3.08. The number of nitrogens with zero attached hydrogens (tertiary/aromatic N) is 1. The highest BCUT2D eigenvalue weighted by atomic mass is 35.5. The molecule has 9 heteroatoms. The number of ether oxygens (including phenoxy) is 1. The van der Waals surface area contributed by atoms with Crippen LogP contribution in [0.5, 0.6) is 5.75 Å². The first-order valence-electron chi connectivity index (χ1n) is 8.35. The summed E-state index contributed by atoms with van der Waals surface area (Å²) in [5, 5.41) is 3.34. The van der Waals surface area contributed by atoms with E-state index in [1.165, 1.54) is 21.9 Å². The molecule has 0 amide bonds. The number of hydrogen-bond acceptors (Lipinski definition) is 4. The predicted molar refractivity (Wildman–Crippen MR) is 108 cm³/mol. The lowest BCUT2D eigenvalue weighted by molar-refractivity contribution is -0.274. The second-order valence-electron chi connectivity index (χ2n) is 5.96. The van der Waals surface area contributed by atoms with Crippen LogP contribution in [0.25, 0.3) is 0 Å². The minimum atomic E-state index is -4.66. The highest BCUT2D eigenvalue weighted by Gasteiger charge is 2.31. The molecule has 0 saturated carbocycles. The van der Waals surface area contributed by atoms with Gasteiger partial charge in [0.15, 0.2) is 0 Å². The van der Waals surface area contributed by atoms with Crippen LogP contribution in [0.2, 0.25) is 0 Å². The van der Waals surface area contributed by atoms with Crippen LogP contribution in [-0.4, -0.2) is 37.4 Å². The van der Waals surface area contributed by atoms with Gasteiger partial charge in [-0.3, -0.25) is 4.90 Å². The fourth-order valence-corrected chi connectivity index (χ4v) is 4.19. The number of benzene rings is 1. The SMILES string of the molecule is CCc1ccc([C@H](c2ccc(OC(F)(F)F)cc2)N2CCNCC2)s1.Cl.Cl. The summed E-state index contributed by atoms with van der Waals surface area (Å²) < 4.78 is 41.1. The van der Waals surface area contributed by atoms with Crippen molar-refractivity contribution in [3.8, 4) is 5.75 Å². The first-order valence-corrected chi connectivity index (χ1v) is 9.17. The van der Waals surface area contributed by atoms with Crippen LogP contribution >= 0.6 is 36.2 Å². The number of nitrogens with one attached hydrogen (secondary N) is 1. The fraction of sp³-hybridized carbons (Fsp3) is 0.444. The zero-order valence-electron chi connectivity index (χ0n) is 14.8. The Labute approximate surface area is 173 Å². The van der Waals surface area contributed by atoms with Gasteiger partial charge in [0.05, 0.1) is 6.04 Å². The van der Waals surface area contributed by atoms with Crippen LogP contribution in [0.15, 0.2) is 36.4 Å². The van der Waals surface area contributed by atoms with E-state index in [1.807, 2.05) is 0 Å². The van der Waals surface area contributed by atoms with E-state index in [0.29, 0.717) is 0 Å². The van der Waals surface area contributed by atoms with Gasteiger partial charge in [-0.1, -0.05) is 19.1 Å². The van der Waals surface area contributed by atoms with Crippen molar-refractivity contribution in [1.29, 1.82) is 0 Å². The van der Waals surface area contributed by atoms with Gasteiger partial charge in [-0.25, -0.2) is 0 Å². The molecule has 0 radical (unpaired) electrons. The second kappa shape index (κ2) is 10.5. The molecule has 3 nitrogen and oxygen atoms in total. The van der Waals surface area contributed by atoms with Crippen LogP contribution < -0.4 is 10.1 Å². The van der Waals surface area contributed by atoms with Gasteiger partial charge < -0.3 is 10.1 Å². The topological polar surface area (TPSA) is 24.5 Å². The molecule has 3 rings (SSSR count). The van der Waals surface area contributed by atoms with Gasteiger partial charge in [0.25, 0.3) is 0 Å². The van der Waals surface area contributed by atoms with Crippen molar-refractivity contribution in [1.82, 2.24) is 10.2 Å². The van der Waals surface area contributed by atoms with E-state index in [9.17, 15) is 13.2 Å². The van der Waals surface area contributed by atoms with Crippen molar-refractivity contribution in [2.75, 3.05) is 26.2 Å². The van der Waals surface area contributed by atoms with Gasteiger partial charge >= 0.3 is 6.36 Å². The third-order valence-corrected chi connectivity index (χ3v) is 5.53. The number of piperazine rings is 1. The standard InChI is InChI=1S/C18H21F3N2OS.2ClH/c1-2-15-7-8-16(25-15)17(23-11-9-22-10-12-23)13-3-5-14(6-4-13)24-18(19,20)21;;/h3-8,17,22H,2,9-12H2,1H3;2*1H/t17-;;/m0../s1. The molecule has 1 aliphatic heterocycles. The van der Waals surface area contributed by atoms with Crippen LogP contribution in [0.4, 0.5) is 13.2 Å². The molecule has 0 spiro atoms. The van der Waals surface area contributed by atoms with Crippen molar-refractivity contribution in [2.45, 2.75) is 25.7 Å². The van der Waals surface area contributed by atoms with Crippen molar-refractivity contribution in [3.63, 3.8) is 0 Å². The Morgan fingerprint density at radius 1 is 1.07 bits per heavy atom. The second-order valence-corrected chi connectivity index (χ2v) is 7.16. The molecular formula is C18H23Cl2F3N2OS. The Morgan fingerprint density at radius 2 is 1.70 bits per heavy atom. The Morgan fingerprint density at radius 3 is 2.22 bits per heavy atom. The maximum Gasteiger partial charge on any atom is 0.573 e. The lowest BCUT2D eigenvalue weighted by atomic mass is 10.0. The van der Waals surface area contributed by atoms with E-state index in [0.717, 1.165) is 38.2 Å². The van der Waals surface area contributed by atoms with Gasteiger partial charge in [-0.15, -0.1) is 49.3 Å². The highest BCUT2D eigenvalue weighted by Crippen LogP contribution is 2.35. The molecule has 0 unspecified atom stereocenters. The molecule has 1 fully saturated rings. The smallest absolute Gasteiger partial charge is 0.406 e. The van der Waals surface area contributed by atoms with Gasteiger partial charge in [0, 0.05) is 35.9 Å². The summed E-state index contributed by atoms with van der Waals surface area (Å²) in [7, 11) is 0. The van der Waals surface area contributed by atoms with E-state index < -0.39 is 6.36 Å². The molecule has 2 aromatic rings. The number of hydrogen-bond donors (Lipinski definition) is 1. The third kappa shape index (κ3) is 6.54. The normalized spacial score (nSPS) is 16.1. The summed E-state index contributed by atoms with van der Waals surface area (Å²) in [6, 6.07) is 10.6. The number of rotatable bonds is 5. The van der Waals surface area contributed by atoms with Gasteiger partial charge in [0.2, 0.25) is 0 Å². The highest BCUT2D eigenvalue weighted by molar-refractivity contribution is 7.12. The summed E-state index contributed by atoms with van der Waals surface area (Å²) in [6.07, 6.45) is -3.68. The minimum Gasteiger partial charge on any atom is -0.406 e. The Balaban J connectivity index is 0.00000182. The average molecular weight is 443 g/mol. The monoisotopic (exact) mass is 442 g/mol. The molecule has 27 heavy (non-hydrogen) atoms. The number of alkyl halides is 3. The molecule has 1 saturated heterocycles. The van der Waals surface area contributed by atoms with E-state index in [4.69, 9.17) is 0 Å². The quantitative estimate of drug-likeness (QED) is 0.700. The molecule has 1 aliphatic rings. The van der Waals surface area contributed by atoms with Crippen LogP contribution in [-0.2, 0) is 6.42 Å². The van der Waals surface area contributed by atoms with Gasteiger partial charge in [0.1, 0.15) is 5.75 Å². The summed E-state index contributed by atoms with van der Waals surface area (Å²) >= 11 is 1.77. The van der Waals surface area contributed by atoms with E-state index in [1.54, 1.807) is 23.5 Å². The molecule has 1 N–H and O–H groups in total. The van der Waals surface area contributed by atoms with Gasteiger partial charge in [-0.05, 0) is 36.2 Å². The molecule has 1 atom stereocenters. The Bertz CT molecular complexity index is 689. The zero-order chi connectivity index (χ0) is 17.9. The largest absolute Gasteiger partial charge is 0.573 e. The number of thiophene rings is 1. The first kappa shape index (κ1) is 24.0. The first-order chi connectivity index (χ1) is 12.0. The van der Waals surface area contributed by atoms with Crippen molar-refractivity contribution in [3.05, 3.63) is 51.7 Å².